The van der Waals surface area contributed by atoms with Gasteiger partial charge in [0.1, 0.15) is 0 Å². The zero-order valence-electron chi connectivity index (χ0n) is 18.8. The number of nitrogens with one attached hydrogen (secondary N) is 1. The van der Waals surface area contributed by atoms with E-state index >= 15 is 0 Å². The van der Waals surface area contributed by atoms with Crippen LogP contribution in [0.3, 0.4) is 0 Å². The lowest BCUT2D eigenvalue weighted by atomic mass is 9.75. The van der Waals surface area contributed by atoms with Gasteiger partial charge in [0.25, 0.3) is 0 Å². The Balaban J connectivity index is 0.00000289. The average molecular weight is 470 g/mol. The predicted molar refractivity (Wildman–Crippen MR) is 135 cm³/mol. The summed E-state index contributed by atoms with van der Waals surface area (Å²) in [6, 6.07) is 24.9. The van der Waals surface area contributed by atoms with Gasteiger partial charge in [-0.3, -0.25) is 0 Å². The molecule has 2 unspecified atom stereocenters. The second-order valence-electron chi connectivity index (χ2n) is 8.65. The highest BCUT2D eigenvalue weighted by Gasteiger charge is 2.29. The first-order chi connectivity index (χ1) is 15.0. The van der Waals surface area contributed by atoms with Gasteiger partial charge >= 0.3 is 0 Å². The normalized spacial score (nSPS) is 17.9. The molecule has 1 N–H and O–H groups in total. The van der Waals surface area contributed by atoms with E-state index in [1.165, 1.54) is 16.7 Å². The zero-order chi connectivity index (χ0) is 21.8. The summed E-state index contributed by atoms with van der Waals surface area (Å²) in [7, 11) is -1.24. The molecule has 0 fully saturated rings. The Kier molecular flexibility index (Phi) is 8.16. The lowest BCUT2D eigenvalue weighted by Gasteiger charge is -2.34. The molecule has 0 aliphatic heterocycles. The van der Waals surface area contributed by atoms with E-state index in [4.69, 9.17) is 0 Å². The van der Waals surface area contributed by atoms with E-state index in [-0.39, 0.29) is 18.2 Å². The Morgan fingerprint density at radius 1 is 0.938 bits per heavy atom. The van der Waals surface area contributed by atoms with Crippen molar-refractivity contribution < 1.29 is 8.42 Å². The van der Waals surface area contributed by atoms with Crippen LogP contribution in [0.5, 0.6) is 0 Å². The maximum absolute atomic E-state index is 12.8. The molecule has 2 atom stereocenters. The molecule has 0 heterocycles. The summed E-state index contributed by atoms with van der Waals surface area (Å²) in [5.41, 5.74) is 6.19. The first-order valence-electron chi connectivity index (χ1n) is 11.1. The van der Waals surface area contributed by atoms with Crippen molar-refractivity contribution in [1.29, 1.82) is 0 Å². The molecule has 3 aromatic carbocycles. The van der Waals surface area contributed by atoms with Crippen LogP contribution in [0.25, 0.3) is 0 Å². The Morgan fingerprint density at radius 2 is 1.72 bits per heavy atom. The largest absolute Gasteiger partial charge is 0.316 e. The van der Waals surface area contributed by atoms with Gasteiger partial charge in [0.05, 0.1) is 10.6 Å². The number of benzene rings is 3. The molecule has 170 valence electrons. The molecule has 3 nitrogen and oxygen atoms in total. The van der Waals surface area contributed by atoms with Gasteiger partial charge in [-0.15, -0.1) is 12.4 Å². The monoisotopic (exact) mass is 469 g/mol. The van der Waals surface area contributed by atoms with Crippen molar-refractivity contribution in [3.05, 3.63) is 101 Å². The van der Waals surface area contributed by atoms with Crippen molar-refractivity contribution in [3.63, 3.8) is 0 Å². The number of sulfone groups is 1. The van der Waals surface area contributed by atoms with Crippen molar-refractivity contribution >= 4 is 22.2 Å². The Morgan fingerprint density at radius 3 is 2.44 bits per heavy atom. The van der Waals surface area contributed by atoms with Crippen LogP contribution in [-0.2, 0) is 29.1 Å². The van der Waals surface area contributed by atoms with Crippen molar-refractivity contribution in [2.75, 3.05) is 12.8 Å². The van der Waals surface area contributed by atoms with Crippen LogP contribution in [0.15, 0.2) is 77.7 Å². The van der Waals surface area contributed by atoms with Crippen molar-refractivity contribution in [2.24, 2.45) is 0 Å². The minimum absolute atomic E-state index is 0. The van der Waals surface area contributed by atoms with Crippen molar-refractivity contribution in [1.82, 2.24) is 5.32 Å². The molecule has 0 saturated carbocycles. The molecule has 1 aliphatic carbocycles. The number of rotatable bonds is 7. The first-order valence-corrected chi connectivity index (χ1v) is 12.7. The molecule has 5 heteroatoms. The molecule has 0 bridgehead atoms. The molecule has 0 radical (unpaired) electrons. The van der Waals surface area contributed by atoms with Crippen LogP contribution < -0.4 is 5.32 Å². The van der Waals surface area contributed by atoms with Gasteiger partial charge < -0.3 is 5.32 Å². The maximum atomic E-state index is 12.8. The van der Waals surface area contributed by atoms with E-state index in [2.05, 4.69) is 53.8 Å². The number of aryl methyl sites for hydroxylation is 3. The fourth-order valence-corrected chi connectivity index (χ4v) is 6.14. The van der Waals surface area contributed by atoms with Crippen LogP contribution in [0, 0.1) is 6.92 Å². The summed E-state index contributed by atoms with van der Waals surface area (Å²) in [6.45, 7) is 1.92. The van der Waals surface area contributed by atoms with Gasteiger partial charge in [-0.05, 0) is 79.6 Å². The summed E-state index contributed by atoms with van der Waals surface area (Å²) in [5, 5.41) is 3.52. The zero-order valence-corrected chi connectivity index (χ0v) is 20.4. The Labute approximate surface area is 198 Å². The average Bonchev–Trinajstić information content (AvgIpc) is 2.78. The van der Waals surface area contributed by atoms with Crippen LogP contribution >= 0.6 is 12.4 Å². The fourth-order valence-electron chi connectivity index (χ4n) is 4.75. The number of fused-ring (bicyclic) bond motifs is 1. The third-order valence-electron chi connectivity index (χ3n) is 6.50. The van der Waals surface area contributed by atoms with Crippen LogP contribution in [-0.4, -0.2) is 27.3 Å². The molecule has 0 saturated heterocycles. The molecule has 0 spiro atoms. The number of halogens is 1. The minimum Gasteiger partial charge on any atom is -0.316 e. The molecule has 4 rings (SSSR count). The SMILES string of the molecule is CNC1CCc2ccc(CCS(=O)(=O)c3cccc(C)c3)cc2C1Cc1ccccc1.Cl. The van der Waals surface area contributed by atoms with Crippen LogP contribution in [0.4, 0.5) is 0 Å². The molecular formula is C27H32ClNO2S. The van der Waals surface area contributed by atoms with Crippen LogP contribution in [0.1, 0.15) is 40.2 Å². The van der Waals surface area contributed by atoms with Gasteiger partial charge in [0.15, 0.2) is 9.84 Å². The smallest absolute Gasteiger partial charge is 0.178 e. The Bertz CT molecular complexity index is 1150. The van der Waals surface area contributed by atoms with E-state index in [1.54, 1.807) is 12.1 Å². The third kappa shape index (κ3) is 5.61. The van der Waals surface area contributed by atoms with E-state index in [9.17, 15) is 8.42 Å². The summed E-state index contributed by atoms with van der Waals surface area (Å²) in [6.07, 6.45) is 3.71. The molecule has 1 aliphatic rings. The summed E-state index contributed by atoms with van der Waals surface area (Å²) in [4.78, 5) is 0.419. The molecule has 0 amide bonds. The standard InChI is InChI=1S/C27H31NO2S.ClH/c1-20-7-6-10-24(17-20)31(29,30)16-15-22-11-12-23-13-14-27(28-2)26(25(23)18-22)19-21-8-4-3-5-9-21;/h3-12,17-18,26-28H,13-16,19H2,1-2H3;1H. The van der Waals surface area contributed by atoms with Gasteiger partial charge in [0, 0.05) is 12.0 Å². The minimum atomic E-state index is -3.29. The van der Waals surface area contributed by atoms with Gasteiger partial charge in [-0.1, -0.05) is 60.7 Å². The quantitative estimate of drug-likeness (QED) is 0.511. The van der Waals surface area contributed by atoms with Crippen molar-refractivity contribution in [2.45, 2.75) is 49.5 Å². The summed E-state index contributed by atoms with van der Waals surface area (Å²) in [5.74, 6) is 0.526. The fraction of sp³-hybridized carbons (Fsp3) is 0.333. The van der Waals surface area contributed by atoms with Gasteiger partial charge in [-0.25, -0.2) is 8.42 Å². The summed E-state index contributed by atoms with van der Waals surface area (Å²) >= 11 is 0. The maximum Gasteiger partial charge on any atom is 0.178 e. The van der Waals surface area contributed by atoms with Gasteiger partial charge in [-0.2, -0.15) is 0 Å². The lowest BCUT2D eigenvalue weighted by Crippen LogP contribution is -2.37. The molecule has 0 aromatic heterocycles. The number of likely N-dealkylation sites (N-methyl/N-ethyl adjacent to an activating group) is 1. The summed E-state index contributed by atoms with van der Waals surface area (Å²) < 4.78 is 25.7. The highest BCUT2D eigenvalue weighted by molar-refractivity contribution is 7.91. The predicted octanol–water partition coefficient (Wildman–Crippen LogP) is 5.29. The number of hydrogen-bond acceptors (Lipinski definition) is 3. The molecule has 32 heavy (non-hydrogen) atoms. The Hall–Kier alpha value is -2.14. The molecular weight excluding hydrogens is 438 g/mol. The lowest BCUT2D eigenvalue weighted by molar-refractivity contribution is 0.409. The topological polar surface area (TPSA) is 46.2 Å². The third-order valence-corrected chi connectivity index (χ3v) is 8.21. The highest BCUT2D eigenvalue weighted by atomic mass is 35.5. The first kappa shape index (κ1) is 24.5. The van der Waals surface area contributed by atoms with Gasteiger partial charge in [0.2, 0.25) is 0 Å². The second-order valence-corrected chi connectivity index (χ2v) is 10.8. The van der Waals surface area contributed by atoms with E-state index in [0.717, 1.165) is 30.4 Å². The number of hydrogen-bond donors (Lipinski definition) is 1. The van der Waals surface area contributed by atoms with E-state index in [1.807, 2.05) is 26.1 Å². The second kappa shape index (κ2) is 10.7. The van der Waals surface area contributed by atoms with E-state index in [0.29, 0.717) is 23.3 Å². The van der Waals surface area contributed by atoms with Crippen LogP contribution in [0.2, 0.25) is 0 Å². The van der Waals surface area contributed by atoms with E-state index < -0.39 is 9.84 Å². The highest BCUT2D eigenvalue weighted by Crippen LogP contribution is 2.35. The van der Waals surface area contributed by atoms with Crippen molar-refractivity contribution in [3.8, 4) is 0 Å². The molecule has 3 aromatic rings.